The van der Waals surface area contributed by atoms with Gasteiger partial charge in [-0.15, -0.1) is 0 Å². The lowest BCUT2D eigenvalue weighted by Crippen LogP contribution is -2.48. The summed E-state index contributed by atoms with van der Waals surface area (Å²) in [6.45, 7) is 8.55. The smallest absolute Gasteiger partial charge is 0.351 e. The normalized spacial score (nSPS) is 11.5. The highest BCUT2D eigenvalue weighted by molar-refractivity contribution is 5.92. The molecule has 0 aromatic heterocycles. The average Bonchev–Trinajstić information content (AvgIpc) is 3.34. The van der Waals surface area contributed by atoms with Crippen molar-refractivity contribution in [3.8, 4) is 0 Å². The van der Waals surface area contributed by atoms with Crippen LogP contribution in [0.5, 0.6) is 0 Å². The summed E-state index contributed by atoms with van der Waals surface area (Å²) in [4.78, 5) is 52.8. The number of hydrogen-bond acceptors (Lipinski definition) is 8. The van der Waals surface area contributed by atoms with E-state index >= 15 is 0 Å². The molecule has 0 rings (SSSR count). The number of hydrogen-bond donors (Lipinski definition) is 0. The first-order valence-electron chi connectivity index (χ1n) is 31.0. The van der Waals surface area contributed by atoms with Crippen LogP contribution >= 0.6 is 0 Å². The highest BCUT2D eigenvalue weighted by Gasteiger charge is 2.48. The van der Waals surface area contributed by atoms with Gasteiger partial charge in [0, 0.05) is 6.92 Å². The lowest BCUT2D eigenvalue weighted by Gasteiger charge is -2.29. The minimum atomic E-state index is -2.13. The fourth-order valence-corrected chi connectivity index (χ4v) is 9.78. The molecule has 0 atom stereocenters. The summed E-state index contributed by atoms with van der Waals surface area (Å²) in [6.07, 6.45) is 58.8. The summed E-state index contributed by atoms with van der Waals surface area (Å²) in [6, 6.07) is 0. The molecule has 0 aliphatic heterocycles. The van der Waals surface area contributed by atoms with Gasteiger partial charge in [-0.3, -0.25) is 14.4 Å². The molecule has 0 amide bonds. The molecular weight excluding hydrogens is 873 g/mol. The molecule has 0 spiro atoms. The summed E-state index contributed by atoms with van der Waals surface area (Å²) in [7, 11) is 0. The SMILES string of the molecule is CCCCCCCCCCCCCCCCCCOC(=O)CC(CC(=O)OCCCCCCCCCCCCCCCCCC)(OC(C)=O)C(=O)OCCCCCCCCCCCCCCCCCC. The first-order valence-corrected chi connectivity index (χ1v) is 31.0. The van der Waals surface area contributed by atoms with Gasteiger partial charge in [0.2, 0.25) is 5.60 Å². The Bertz CT molecular complexity index is 1090. The molecule has 8 heteroatoms. The van der Waals surface area contributed by atoms with Crippen LogP contribution in [0, 0.1) is 0 Å². The summed E-state index contributed by atoms with van der Waals surface area (Å²) < 4.78 is 22.4. The van der Waals surface area contributed by atoms with E-state index < -0.39 is 42.3 Å². The molecule has 414 valence electrons. The largest absolute Gasteiger partial charge is 0.466 e. The van der Waals surface area contributed by atoms with Crippen molar-refractivity contribution in [2.24, 2.45) is 0 Å². The maximum atomic E-state index is 13.8. The highest BCUT2D eigenvalue weighted by Crippen LogP contribution is 2.27. The summed E-state index contributed by atoms with van der Waals surface area (Å²) in [5.41, 5.74) is -2.13. The molecule has 0 aliphatic rings. The van der Waals surface area contributed by atoms with Gasteiger partial charge >= 0.3 is 23.9 Å². The van der Waals surface area contributed by atoms with Crippen LogP contribution in [-0.2, 0) is 38.1 Å². The number of carbonyl (C=O) groups is 4. The second-order valence-corrected chi connectivity index (χ2v) is 21.4. The van der Waals surface area contributed by atoms with Crippen molar-refractivity contribution >= 4 is 23.9 Å². The predicted octanol–water partition coefficient (Wildman–Crippen LogP) is 19.5. The quantitative estimate of drug-likeness (QED) is 0.0337. The van der Waals surface area contributed by atoms with E-state index in [9.17, 15) is 19.2 Å². The number of esters is 4. The topological polar surface area (TPSA) is 105 Å². The van der Waals surface area contributed by atoms with Crippen LogP contribution in [0.25, 0.3) is 0 Å². The molecule has 70 heavy (non-hydrogen) atoms. The van der Waals surface area contributed by atoms with Gasteiger partial charge in [0.1, 0.15) is 0 Å². The third kappa shape index (κ3) is 48.2. The fourth-order valence-electron chi connectivity index (χ4n) is 9.78. The van der Waals surface area contributed by atoms with E-state index in [1.165, 1.54) is 251 Å². The van der Waals surface area contributed by atoms with E-state index in [1.54, 1.807) is 0 Å². The Hall–Kier alpha value is -2.12. The third-order valence-electron chi connectivity index (χ3n) is 14.3. The fraction of sp³-hybridized carbons (Fsp3) is 0.935. The van der Waals surface area contributed by atoms with Gasteiger partial charge in [-0.25, -0.2) is 4.79 Å². The lowest BCUT2D eigenvalue weighted by molar-refractivity contribution is -0.190. The second kappa shape index (κ2) is 54.6. The van der Waals surface area contributed by atoms with Gasteiger partial charge in [-0.2, -0.15) is 0 Å². The first-order chi connectivity index (χ1) is 34.3. The minimum absolute atomic E-state index is 0.128. The predicted molar refractivity (Wildman–Crippen MR) is 295 cm³/mol. The third-order valence-corrected chi connectivity index (χ3v) is 14.3. The van der Waals surface area contributed by atoms with E-state index in [0.717, 1.165) is 57.8 Å². The van der Waals surface area contributed by atoms with Crippen molar-refractivity contribution in [3.05, 3.63) is 0 Å². The summed E-state index contributed by atoms with van der Waals surface area (Å²) in [5.74, 6) is -3.03. The van der Waals surface area contributed by atoms with E-state index in [1.807, 2.05) is 0 Å². The molecule has 0 N–H and O–H groups in total. The zero-order valence-corrected chi connectivity index (χ0v) is 47.2. The Kier molecular flexibility index (Phi) is 53.0. The van der Waals surface area contributed by atoms with Crippen molar-refractivity contribution in [2.75, 3.05) is 19.8 Å². The first kappa shape index (κ1) is 67.9. The standard InChI is InChI=1S/C62H118O8/c1-5-8-11-14-17-20-23-26-29-32-35-38-41-44-47-50-53-67-59(64)56-62(70-58(4)63,61(66)69-55-52-49-46-43-40-37-34-31-28-25-22-19-16-13-10-7-3)57-60(65)68-54-51-48-45-42-39-36-33-30-27-24-21-18-15-12-9-6-2/h5-57H2,1-4H3. The van der Waals surface area contributed by atoms with Crippen molar-refractivity contribution in [1.82, 2.24) is 0 Å². The van der Waals surface area contributed by atoms with Crippen LogP contribution in [-0.4, -0.2) is 49.3 Å². The zero-order chi connectivity index (χ0) is 51.1. The highest BCUT2D eigenvalue weighted by atomic mass is 16.6. The average molecular weight is 992 g/mol. The van der Waals surface area contributed by atoms with E-state index in [4.69, 9.17) is 18.9 Å². The molecule has 0 unspecified atom stereocenters. The van der Waals surface area contributed by atoms with E-state index in [2.05, 4.69) is 20.8 Å². The van der Waals surface area contributed by atoms with Crippen LogP contribution in [0.1, 0.15) is 349 Å². The van der Waals surface area contributed by atoms with Crippen molar-refractivity contribution in [1.29, 1.82) is 0 Å². The van der Waals surface area contributed by atoms with Crippen molar-refractivity contribution in [2.45, 2.75) is 354 Å². The monoisotopic (exact) mass is 991 g/mol. The lowest BCUT2D eigenvalue weighted by atomic mass is 9.95. The number of ether oxygens (including phenoxy) is 4. The molecule has 0 saturated heterocycles. The maximum absolute atomic E-state index is 13.8. The maximum Gasteiger partial charge on any atom is 0.351 e. The zero-order valence-electron chi connectivity index (χ0n) is 47.2. The van der Waals surface area contributed by atoms with Crippen molar-refractivity contribution in [3.63, 3.8) is 0 Å². The molecule has 0 fully saturated rings. The second-order valence-electron chi connectivity index (χ2n) is 21.4. The van der Waals surface area contributed by atoms with Gasteiger partial charge in [-0.1, -0.05) is 310 Å². The summed E-state index contributed by atoms with van der Waals surface area (Å²) in [5, 5.41) is 0. The molecule has 0 radical (unpaired) electrons. The Morgan fingerprint density at radius 1 is 0.271 bits per heavy atom. The molecule has 0 aromatic carbocycles. The van der Waals surface area contributed by atoms with Gasteiger partial charge in [0.15, 0.2) is 0 Å². The summed E-state index contributed by atoms with van der Waals surface area (Å²) >= 11 is 0. The van der Waals surface area contributed by atoms with Gasteiger partial charge in [0.25, 0.3) is 0 Å². The molecule has 0 saturated carbocycles. The molecular formula is C62H118O8. The Balaban J connectivity index is 4.75. The minimum Gasteiger partial charge on any atom is -0.466 e. The van der Waals surface area contributed by atoms with E-state index in [0.29, 0.717) is 6.42 Å². The van der Waals surface area contributed by atoms with Crippen LogP contribution in [0.4, 0.5) is 0 Å². The number of rotatable bonds is 57. The van der Waals surface area contributed by atoms with Gasteiger partial charge < -0.3 is 18.9 Å². The molecule has 0 aliphatic carbocycles. The Morgan fingerprint density at radius 3 is 0.657 bits per heavy atom. The van der Waals surface area contributed by atoms with Crippen LogP contribution < -0.4 is 0 Å². The molecule has 0 aromatic rings. The van der Waals surface area contributed by atoms with Gasteiger partial charge in [-0.05, 0) is 19.3 Å². The van der Waals surface area contributed by atoms with Crippen LogP contribution in [0.3, 0.4) is 0 Å². The van der Waals surface area contributed by atoms with Crippen LogP contribution in [0.2, 0.25) is 0 Å². The number of unbranched alkanes of at least 4 members (excludes halogenated alkanes) is 45. The van der Waals surface area contributed by atoms with Crippen LogP contribution in [0.15, 0.2) is 0 Å². The molecule has 0 bridgehead atoms. The van der Waals surface area contributed by atoms with E-state index in [-0.39, 0.29) is 19.8 Å². The molecule has 0 heterocycles. The van der Waals surface area contributed by atoms with Gasteiger partial charge in [0.05, 0.1) is 32.7 Å². The Labute approximate surface area is 434 Å². The Morgan fingerprint density at radius 2 is 0.457 bits per heavy atom. The molecule has 8 nitrogen and oxygen atoms in total. The number of carbonyl (C=O) groups excluding carboxylic acids is 4. The van der Waals surface area contributed by atoms with Crippen molar-refractivity contribution < 1.29 is 38.1 Å².